The van der Waals surface area contributed by atoms with Gasteiger partial charge in [0, 0.05) is 16.7 Å². The molecule has 1 atom stereocenters. The number of aromatic nitrogens is 2. The van der Waals surface area contributed by atoms with E-state index < -0.39 is 33.9 Å². The molecule has 4 rings (SSSR count). The predicted octanol–water partition coefficient (Wildman–Crippen LogP) is 6.45. The van der Waals surface area contributed by atoms with Crippen LogP contribution in [0, 0.1) is 5.82 Å². The molecule has 36 heavy (non-hydrogen) atoms. The van der Waals surface area contributed by atoms with Gasteiger partial charge in [-0.3, -0.25) is 0 Å². The van der Waals surface area contributed by atoms with Crippen LogP contribution in [0.3, 0.4) is 0 Å². The molecule has 0 spiro atoms. The van der Waals surface area contributed by atoms with Gasteiger partial charge in [0.2, 0.25) is 0 Å². The van der Waals surface area contributed by atoms with Crippen LogP contribution in [-0.4, -0.2) is 35.6 Å². The molecule has 1 unspecified atom stereocenters. The van der Waals surface area contributed by atoms with Crippen molar-refractivity contribution >= 4 is 44.1 Å². The molecule has 4 aromatic rings. The molecule has 0 saturated carbocycles. The van der Waals surface area contributed by atoms with E-state index in [1.54, 1.807) is 0 Å². The molecule has 3 aromatic carbocycles. The van der Waals surface area contributed by atoms with E-state index in [-0.39, 0.29) is 54.2 Å². The van der Waals surface area contributed by atoms with Crippen molar-refractivity contribution in [3.05, 3.63) is 75.8 Å². The number of aliphatic hydroxyl groups is 1. The summed E-state index contributed by atoms with van der Waals surface area (Å²) in [5.74, 6) is -1.88. The smallest absolute Gasteiger partial charge is 0.405 e. The number of hydrogen-bond donors (Lipinski definition) is 2. The third-order valence-corrected chi connectivity index (χ3v) is 7.73. The second kappa shape index (κ2) is 9.55. The van der Waals surface area contributed by atoms with Crippen LogP contribution in [0.25, 0.3) is 22.2 Å². The lowest BCUT2D eigenvalue weighted by atomic mass is 10.0. The van der Waals surface area contributed by atoms with E-state index in [1.807, 2.05) is 0 Å². The quantitative estimate of drug-likeness (QED) is 0.263. The number of benzene rings is 3. The lowest BCUT2D eigenvalue weighted by Crippen LogP contribution is -2.17. The van der Waals surface area contributed by atoms with Crippen LogP contribution in [0.5, 0.6) is 5.75 Å². The van der Waals surface area contributed by atoms with Crippen LogP contribution in [0.1, 0.15) is 24.4 Å². The summed E-state index contributed by atoms with van der Waals surface area (Å²) in [5.41, 5.74) is -0.00952. The monoisotopic (exact) mass is 562 g/mol. The van der Waals surface area contributed by atoms with Crippen molar-refractivity contribution in [2.24, 2.45) is 0 Å². The summed E-state index contributed by atoms with van der Waals surface area (Å²) in [7, 11) is -3.66. The minimum absolute atomic E-state index is 0.0125. The average molecular weight is 563 g/mol. The molecular weight excluding hydrogens is 547 g/mol. The van der Waals surface area contributed by atoms with Crippen LogP contribution in [0.15, 0.2) is 53.4 Å². The van der Waals surface area contributed by atoms with Gasteiger partial charge in [0.05, 0.1) is 26.2 Å². The van der Waals surface area contributed by atoms with Crippen molar-refractivity contribution in [2.75, 3.05) is 5.75 Å². The minimum atomic E-state index is -4.96. The highest BCUT2D eigenvalue weighted by Gasteiger charge is 2.33. The molecule has 0 bridgehead atoms. The van der Waals surface area contributed by atoms with Crippen LogP contribution in [0.4, 0.5) is 17.6 Å². The molecule has 0 aliphatic heterocycles. The third kappa shape index (κ3) is 5.01. The Bertz CT molecular complexity index is 1570. The van der Waals surface area contributed by atoms with Crippen molar-refractivity contribution in [1.29, 1.82) is 0 Å². The Balaban J connectivity index is 1.79. The van der Waals surface area contributed by atoms with Gasteiger partial charge in [-0.25, -0.2) is 17.8 Å². The number of halogens is 6. The maximum Gasteiger partial charge on any atom is 0.573 e. The van der Waals surface area contributed by atoms with Gasteiger partial charge in [-0.2, -0.15) is 0 Å². The first-order chi connectivity index (χ1) is 16.8. The van der Waals surface area contributed by atoms with E-state index in [1.165, 1.54) is 37.3 Å². The predicted molar refractivity (Wildman–Crippen MR) is 126 cm³/mol. The normalized spacial score (nSPS) is 13.2. The number of aromatic amines is 1. The number of sulfone groups is 1. The van der Waals surface area contributed by atoms with Crippen LogP contribution in [0.2, 0.25) is 10.0 Å². The second-order valence-corrected chi connectivity index (χ2v) is 10.7. The fraction of sp³-hybridized carbons (Fsp3) is 0.174. The van der Waals surface area contributed by atoms with Crippen molar-refractivity contribution in [1.82, 2.24) is 9.97 Å². The number of para-hydroxylation sites is 1. The Labute approximate surface area is 212 Å². The fourth-order valence-corrected chi connectivity index (χ4v) is 5.19. The van der Waals surface area contributed by atoms with Gasteiger partial charge in [0.1, 0.15) is 29.0 Å². The lowest BCUT2D eigenvalue weighted by Gasteiger charge is -2.15. The molecule has 1 heterocycles. The lowest BCUT2D eigenvalue weighted by molar-refractivity contribution is -0.274. The number of fused-ring (bicyclic) bond motifs is 1. The van der Waals surface area contributed by atoms with E-state index in [2.05, 4.69) is 14.7 Å². The first-order valence-corrected chi connectivity index (χ1v) is 12.7. The van der Waals surface area contributed by atoms with E-state index in [9.17, 15) is 31.1 Å². The standard InChI is InChI=1S/C23H16Cl2F4N2O4S/c1-2-36(33,34)11-7-8-12(15(26)9-11)21(32)22-30-16-10-14(24)18(19(25)20(16)31-22)13-5-3-4-6-17(13)35-23(27,28)29/h3-10,21,32H,2H2,1H3,(H,30,31). The number of ether oxygens (including phenoxy) is 1. The highest BCUT2D eigenvalue weighted by Crippen LogP contribution is 2.44. The van der Waals surface area contributed by atoms with Gasteiger partial charge < -0.3 is 14.8 Å². The van der Waals surface area contributed by atoms with Gasteiger partial charge in [-0.15, -0.1) is 13.2 Å². The highest BCUT2D eigenvalue weighted by molar-refractivity contribution is 7.91. The average Bonchev–Trinajstić information content (AvgIpc) is 3.23. The van der Waals surface area contributed by atoms with Crippen LogP contribution >= 0.6 is 23.2 Å². The number of nitrogens with zero attached hydrogens (tertiary/aromatic N) is 1. The molecule has 0 aliphatic rings. The van der Waals surface area contributed by atoms with E-state index in [0.29, 0.717) is 0 Å². The van der Waals surface area contributed by atoms with Gasteiger partial charge >= 0.3 is 6.36 Å². The molecule has 0 fully saturated rings. The zero-order valence-electron chi connectivity index (χ0n) is 18.2. The molecule has 0 saturated heterocycles. The van der Waals surface area contributed by atoms with Gasteiger partial charge in [-0.05, 0) is 24.3 Å². The number of alkyl halides is 3. The summed E-state index contributed by atoms with van der Waals surface area (Å²) >= 11 is 12.8. The first-order valence-electron chi connectivity index (χ1n) is 10.3. The number of rotatable bonds is 6. The van der Waals surface area contributed by atoms with Crippen LogP contribution in [-0.2, 0) is 9.84 Å². The Morgan fingerprint density at radius 3 is 2.47 bits per heavy atom. The summed E-state index contributed by atoms with van der Waals surface area (Å²) in [6, 6.07) is 9.70. The molecule has 2 N–H and O–H groups in total. The summed E-state index contributed by atoms with van der Waals surface area (Å²) in [6.45, 7) is 1.42. The minimum Gasteiger partial charge on any atom is -0.405 e. The molecular formula is C23H16Cl2F4N2O4S. The molecule has 190 valence electrons. The molecule has 0 amide bonds. The molecule has 13 heteroatoms. The molecule has 0 radical (unpaired) electrons. The Morgan fingerprint density at radius 1 is 1.14 bits per heavy atom. The Morgan fingerprint density at radius 2 is 1.83 bits per heavy atom. The van der Waals surface area contributed by atoms with E-state index in [4.69, 9.17) is 23.2 Å². The van der Waals surface area contributed by atoms with Crippen molar-refractivity contribution in [3.63, 3.8) is 0 Å². The summed E-state index contributed by atoms with van der Waals surface area (Å²) in [4.78, 5) is 6.73. The molecule has 1 aromatic heterocycles. The Hall–Kier alpha value is -2.86. The largest absolute Gasteiger partial charge is 0.573 e. The zero-order chi connectivity index (χ0) is 26.4. The topological polar surface area (TPSA) is 92.3 Å². The summed E-state index contributed by atoms with van der Waals surface area (Å²) in [5, 5.41) is 10.6. The fourth-order valence-electron chi connectivity index (χ4n) is 3.60. The third-order valence-electron chi connectivity index (χ3n) is 5.33. The highest BCUT2D eigenvalue weighted by atomic mass is 35.5. The molecule has 0 aliphatic carbocycles. The maximum absolute atomic E-state index is 14.7. The second-order valence-electron chi connectivity index (χ2n) is 7.60. The first kappa shape index (κ1) is 26.2. The van der Waals surface area contributed by atoms with Crippen molar-refractivity contribution in [3.8, 4) is 16.9 Å². The number of imidazole rings is 1. The van der Waals surface area contributed by atoms with Crippen molar-refractivity contribution < 1.29 is 35.8 Å². The summed E-state index contributed by atoms with van der Waals surface area (Å²) in [6.07, 6.45) is -6.60. The zero-order valence-corrected chi connectivity index (χ0v) is 20.5. The van der Waals surface area contributed by atoms with Gasteiger partial charge in [0.15, 0.2) is 9.84 Å². The SMILES string of the molecule is CCS(=O)(=O)c1ccc(C(O)c2nc3c(Cl)c(-c4ccccc4OC(F)(F)F)c(Cl)cc3[nH]2)c(F)c1. The number of aliphatic hydroxyl groups excluding tert-OH is 1. The number of nitrogens with one attached hydrogen (secondary N) is 1. The van der Waals surface area contributed by atoms with Gasteiger partial charge in [0.25, 0.3) is 0 Å². The number of H-pyrrole nitrogens is 1. The summed E-state index contributed by atoms with van der Waals surface area (Å²) < 4.78 is 81.5. The van der Waals surface area contributed by atoms with Crippen molar-refractivity contribution in [2.45, 2.75) is 24.3 Å². The Kier molecular flexibility index (Phi) is 6.95. The van der Waals surface area contributed by atoms with Crippen LogP contribution < -0.4 is 4.74 Å². The van der Waals surface area contributed by atoms with E-state index >= 15 is 0 Å². The van der Waals surface area contributed by atoms with E-state index in [0.717, 1.165) is 18.2 Å². The molecule has 6 nitrogen and oxygen atoms in total. The number of hydrogen-bond acceptors (Lipinski definition) is 5. The van der Waals surface area contributed by atoms with Gasteiger partial charge in [-0.1, -0.05) is 54.4 Å². The maximum atomic E-state index is 14.7.